The lowest BCUT2D eigenvalue weighted by Gasteiger charge is -2.16. The van der Waals surface area contributed by atoms with Gasteiger partial charge in [0.15, 0.2) is 0 Å². The van der Waals surface area contributed by atoms with Crippen LogP contribution < -0.4 is 11.1 Å². The van der Waals surface area contributed by atoms with E-state index in [4.69, 9.17) is 5.73 Å². The van der Waals surface area contributed by atoms with Gasteiger partial charge >= 0.3 is 0 Å². The van der Waals surface area contributed by atoms with Gasteiger partial charge in [-0.15, -0.1) is 5.10 Å². The summed E-state index contributed by atoms with van der Waals surface area (Å²) in [5, 5.41) is 11.0. The van der Waals surface area contributed by atoms with Gasteiger partial charge in [-0.25, -0.2) is 0 Å². The van der Waals surface area contributed by atoms with E-state index in [0.29, 0.717) is 12.6 Å². The van der Waals surface area contributed by atoms with E-state index < -0.39 is 0 Å². The first-order valence-electron chi connectivity index (χ1n) is 5.11. The molecular formula is C10H18N4. The van der Waals surface area contributed by atoms with Crippen molar-refractivity contribution in [1.82, 2.24) is 10.2 Å². The van der Waals surface area contributed by atoms with E-state index in [1.807, 2.05) is 12.1 Å². The van der Waals surface area contributed by atoms with Gasteiger partial charge in [0.2, 0.25) is 0 Å². The van der Waals surface area contributed by atoms with Crippen LogP contribution in [0.3, 0.4) is 0 Å². The fourth-order valence-corrected chi connectivity index (χ4v) is 1.29. The van der Waals surface area contributed by atoms with Gasteiger partial charge in [-0.1, -0.05) is 19.8 Å². The molecule has 3 N–H and O–H groups in total. The molecule has 1 rings (SSSR count). The number of nitrogens with zero attached hydrogens (tertiary/aromatic N) is 2. The molecule has 0 bridgehead atoms. The Kier molecular flexibility index (Phi) is 4.93. The van der Waals surface area contributed by atoms with Gasteiger partial charge in [0.05, 0.1) is 0 Å². The van der Waals surface area contributed by atoms with Gasteiger partial charge in [-0.05, 0) is 18.6 Å². The van der Waals surface area contributed by atoms with Crippen LogP contribution in [0.5, 0.6) is 0 Å². The molecule has 4 nitrogen and oxygen atoms in total. The largest absolute Gasteiger partial charge is 0.365 e. The zero-order valence-electron chi connectivity index (χ0n) is 8.61. The van der Waals surface area contributed by atoms with Crippen molar-refractivity contribution >= 4 is 5.82 Å². The lowest BCUT2D eigenvalue weighted by molar-refractivity contribution is 0.611. The minimum Gasteiger partial charge on any atom is -0.365 e. The van der Waals surface area contributed by atoms with Crippen LogP contribution in [0.25, 0.3) is 0 Å². The Morgan fingerprint density at radius 3 is 3.00 bits per heavy atom. The Balaban J connectivity index is 2.40. The van der Waals surface area contributed by atoms with Crippen molar-refractivity contribution in [3.8, 4) is 0 Å². The van der Waals surface area contributed by atoms with Crippen LogP contribution in [0.2, 0.25) is 0 Å². The first-order valence-corrected chi connectivity index (χ1v) is 5.11. The molecule has 1 heterocycles. The number of hydrogen-bond acceptors (Lipinski definition) is 4. The van der Waals surface area contributed by atoms with E-state index >= 15 is 0 Å². The normalized spacial score (nSPS) is 12.4. The molecule has 1 aromatic heterocycles. The maximum Gasteiger partial charge on any atom is 0.148 e. The quantitative estimate of drug-likeness (QED) is 0.718. The highest BCUT2D eigenvalue weighted by Crippen LogP contribution is 2.06. The standard InChI is InChI=1S/C10H18N4/c1-2-3-5-9(8-11)13-10-6-4-7-12-14-10/h4,6-7,9H,2-3,5,8,11H2,1H3,(H,13,14). The van der Waals surface area contributed by atoms with E-state index in [-0.39, 0.29) is 0 Å². The Labute approximate surface area is 84.9 Å². The van der Waals surface area contributed by atoms with E-state index in [1.165, 1.54) is 12.8 Å². The van der Waals surface area contributed by atoms with Gasteiger partial charge in [0, 0.05) is 18.8 Å². The SMILES string of the molecule is CCCCC(CN)Nc1cccnn1. The number of rotatable bonds is 6. The monoisotopic (exact) mass is 194 g/mol. The fraction of sp³-hybridized carbons (Fsp3) is 0.600. The number of aromatic nitrogens is 2. The first kappa shape index (κ1) is 10.9. The van der Waals surface area contributed by atoms with E-state index in [2.05, 4.69) is 22.4 Å². The van der Waals surface area contributed by atoms with Gasteiger partial charge in [0.25, 0.3) is 0 Å². The molecule has 4 heteroatoms. The number of unbranched alkanes of at least 4 members (excludes halogenated alkanes) is 1. The van der Waals surface area contributed by atoms with Crippen molar-refractivity contribution in [2.45, 2.75) is 32.2 Å². The molecule has 1 unspecified atom stereocenters. The highest BCUT2D eigenvalue weighted by molar-refractivity contribution is 5.32. The molecule has 0 aliphatic rings. The van der Waals surface area contributed by atoms with Crippen molar-refractivity contribution in [2.75, 3.05) is 11.9 Å². The fourth-order valence-electron chi connectivity index (χ4n) is 1.29. The Morgan fingerprint density at radius 2 is 2.43 bits per heavy atom. The summed E-state index contributed by atoms with van der Waals surface area (Å²) in [4.78, 5) is 0. The molecule has 78 valence electrons. The zero-order valence-corrected chi connectivity index (χ0v) is 8.61. The Bertz CT molecular complexity index is 237. The third kappa shape index (κ3) is 3.70. The average Bonchev–Trinajstić information content (AvgIpc) is 2.25. The molecule has 1 atom stereocenters. The predicted molar refractivity (Wildman–Crippen MR) is 58.0 cm³/mol. The summed E-state index contributed by atoms with van der Waals surface area (Å²) in [6.45, 7) is 2.81. The second-order valence-electron chi connectivity index (χ2n) is 3.33. The smallest absolute Gasteiger partial charge is 0.148 e. The number of anilines is 1. The molecule has 0 spiro atoms. The Morgan fingerprint density at radius 1 is 1.57 bits per heavy atom. The summed E-state index contributed by atoms with van der Waals surface area (Å²) >= 11 is 0. The average molecular weight is 194 g/mol. The van der Waals surface area contributed by atoms with Crippen molar-refractivity contribution in [1.29, 1.82) is 0 Å². The summed E-state index contributed by atoms with van der Waals surface area (Å²) in [7, 11) is 0. The van der Waals surface area contributed by atoms with Crippen molar-refractivity contribution in [3.05, 3.63) is 18.3 Å². The molecule has 1 aromatic rings. The number of hydrogen-bond donors (Lipinski definition) is 2. The van der Waals surface area contributed by atoms with Crippen molar-refractivity contribution in [3.63, 3.8) is 0 Å². The number of nitrogens with one attached hydrogen (secondary N) is 1. The third-order valence-electron chi connectivity index (χ3n) is 2.11. The summed E-state index contributed by atoms with van der Waals surface area (Å²) in [6.07, 6.45) is 5.13. The maximum absolute atomic E-state index is 5.65. The van der Waals surface area contributed by atoms with Crippen LogP contribution in [-0.2, 0) is 0 Å². The van der Waals surface area contributed by atoms with Crippen LogP contribution in [-0.4, -0.2) is 22.8 Å². The van der Waals surface area contributed by atoms with Crippen molar-refractivity contribution < 1.29 is 0 Å². The molecule has 0 fully saturated rings. The zero-order chi connectivity index (χ0) is 10.2. The van der Waals surface area contributed by atoms with Crippen LogP contribution in [0, 0.1) is 0 Å². The van der Waals surface area contributed by atoms with E-state index in [9.17, 15) is 0 Å². The minimum atomic E-state index is 0.312. The van der Waals surface area contributed by atoms with E-state index in [0.717, 1.165) is 12.2 Å². The number of nitrogens with two attached hydrogens (primary N) is 1. The molecule has 14 heavy (non-hydrogen) atoms. The molecule has 0 amide bonds. The van der Waals surface area contributed by atoms with Crippen LogP contribution in [0.1, 0.15) is 26.2 Å². The maximum atomic E-state index is 5.65. The van der Waals surface area contributed by atoms with Gasteiger partial charge in [0.1, 0.15) is 5.82 Å². The second-order valence-corrected chi connectivity index (χ2v) is 3.33. The molecule has 0 aliphatic carbocycles. The molecule has 0 saturated heterocycles. The highest BCUT2D eigenvalue weighted by Gasteiger charge is 2.05. The molecule has 0 aliphatic heterocycles. The summed E-state index contributed by atoms with van der Waals surface area (Å²) in [5.74, 6) is 0.805. The van der Waals surface area contributed by atoms with Gasteiger partial charge in [-0.3, -0.25) is 0 Å². The molecule has 0 saturated carbocycles. The first-order chi connectivity index (χ1) is 6.86. The van der Waals surface area contributed by atoms with Gasteiger partial charge in [-0.2, -0.15) is 5.10 Å². The van der Waals surface area contributed by atoms with Crippen LogP contribution >= 0.6 is 0 Å². The summed E-state index contributed by atoms with van der Waals surface area (Å²) < 4.78 is 0. The highest BCUT2D eigenvalue weighted by atomic mass is 15.2. The second kappa shape index (κ2) is 6.32. The molecular weight excluding hydrogens is 176 g/mol. The van der Waals surface area contributed by atoms with Crippen LogP contribution in [0.15, 0.2) is 18.3 Å². The van der Waals surface area contributed by atoms with Crippen LogP contribution in [0.4, 0.5) is 5.82 Å². The Hall–Kier alpha value is -1.16. The van der Waals surface area contributed by atoms with Crippen molar-refractivity contribution in [2.24, 2.45) is 5.73 Å². The summed E-state index contributed by atoms with van der Waals surface area (Å²) in [6, 6.07) is 4.08. The third-order valence-corrected chi connectivity index (χ3v) is 2.11. The lowest BCUT2D eigenvalue weighted by atomic mass is 10.1. The van der Waals surface area contributed by atoms with E-state index in [1.54, 1.807) is 6.20 Å². The van der Waals surface area contributed by atoms with Gasteiger partial charge < -0.3 is 11.1 Å². The topological polar surface area (TPSA) is 63.8 Å². The molecule has 0 radical (unpaired) electrons. The molecule has 0 aromatic carbocycles. The lowest BCUT2D eigenvalue weighted by Crippen LogP contribution is -2.29. The minimum absolute atomic E-state index is 0.312. The predicted octanol–water partition coefficient (Wildman–Crippen LogP) is 1.41. The summed E-state index contributed by atoms with van der Waals surface area (Å²) in [5.41, 5.74) is 5.65.